The second kappa shape index (κ2) is 8.39. The molecule has 144 valence electrons. The molecule has 2 fully saturated rings. The van der Waals surface area contributed by atoms with Crippen LogP contribution < -0.4 is 16.0 Å². The van der Waals surface area contributed by atoms with Crippen LogP contribution in [0.15, 0.2) is 12.3 Å². The van der Waals surface area contributed by atoms with E-state index in [1.54, 1.807) is 0 Å². The van der Waals surface area contributed by atoms with Crippen molar-refractivity contribution in [3.05, 3.63) is 18.1 Å². The molecule has 2 heterocycles. The molecule has 1 aromatic heterocycles. The number of hydrogen-bond acceptors (Lipinski definition) is 5. The van der Waals surface area contributed by atoms with E-state index in [9.17, 15) is 9.18 Å². The van der Waals surface area contributed by atoms with Crippen LogP contribution in [0.5, 0.6) is 0 Å². The standard InChI is InChI=1S/C18H26ClFN4O2/c1-10(23-17-16(20)15(4-5-22-17)21-6-7-25)13-9-11-8-12(19)2-3-14(11)24-18(13)26/h4-5,10-14,25H,2-3,6-9H2,1H3,(H,24,26)(H2,21,22,23)/t10-,11?,12?,13?,14?/m0/s1. The van der Waals surface area contributed by atoms with Gasteiger partial charge in [-0.15, -0.1) is 11.6 Å². The van der Waals surface area contributed by atoms with E-state index < -0.39 is 5.82 Å². The fourth-order valence-electron chi connectivity index (χ4n) is 4.00. The molecule has 2 aliphatic rings. The minimum Gasteiger partial charge on any atom is -0.395 e. The third kappa shape index (κ3) is 4.20. The summed E-state index contributed by atoms with van der Waals surface area (Å²) in [6.07, 6.45) is 5.01. The quantitative estimate of drug-likeness (QED) is 0.565. The summed E-state index contributed by atoms with van der Waals surface area (Å²) in [5.74, 6) is -0.286. The number of rotatable bonds is 6. The molecule has 5 atom stereocenters. The van der Waals surface area contributed by atoms with Crippen LogP contribution >= 0.6 is 11.6 Å². The van der Waals surface area contributed by atoms with E-state index in [-0.39, 0.29) is 53.9 Å². The summed E-state index contributed by atoms with van der Waals surface area (Å²) < 4.78 is 14.6. The fraction of sp³-hybridized carbons (Fsp3) is 0.667. The van der Waals surface area contributed by atoms with E-state index in [0.29, 0.717) is 5.92 Å². The number of aliphatic hydroxyl groups excluding tert-OH is 1. The normalized spacial score (nSPS) is 29.5. The molecule has 0 radical (unpaired) electrons. The third-order valence-corrected chi connectivity index (χ3v) is 5.82. The highest BCUT2D eigenvalue weighted by Gasteiger charge is 2.41. The maximum absolute atomic E-state index is 14.6. The van der Waals surface area contributed by atoms with Crippen molar-refractivity contribution in [1.82, 2.24) is 10.3 Å². The zero-order valence-electron chi connectivity index (χ0n) is 14.8. The van der Waals surface area contributed by atoms with Crippen molar-refractivity contribution in [2.75, 3.05) is 23.8 Å². The maximum Gasteiger partial charge on any atom is 0.225 e. The molecule has 26 heavy (non-hydrogen) atoms. The van der Waals surface area contributed by atoms with Gasteiger partial charge in [0.15, 0.2) is 11.6 Å². The Balaban J connectivity index is 1.67. The smallest absolute Gasteiger partial charge is 0.225 e. The molecular formula is C18H26ClFN4O2. The summed E-state index contributed by atoms with van der Waals surface area (Å²) in [5, 5.41) is 18.0. The van der Waals surface area contributed by atoms with Gasteiger partial charge >= 0.3 is 0 Å². The van der Waals surface area contributed by atoms with Crippen LogP contribution in [0.2, 0.25) is 0 Å². The molecule has 1 aliphatic carbocycles. The second-order valence-corrected chi connectivity index (χ2v) is 7.85. The molecule has 0 spiro atoms. The molecule has 0 aromatic carbocycles. The minimum absolute atomic E-state index is 0.00856. The van der Waals surface area contributed by atoms with E-state index in [4.69, 9.17) is 16.7 Å². The number of carbonyl (C=O) groups excluding carboxylic acids is 1. The molecule has 1 aromatic rings. The number of fused-ring (bicyclic) bond motifs is 1. The van der Waals surface area contributed by atoms with Crippen LogP contribution in [0.25, 0.3) is 0 Å². The van der Waals surface area contributed by atoms with Gasteiger partial charge in [-0.25, -0.2) is 9.37 Å². The molecule has 4 unspecified atom stereocenters. The van der Waals surface area contributed by atoms with E-state index in [0.717, 1.165) is 25.7 Å². The Bertz CT molecular complexity index is 648. The lowest BCUT2D eigenvalue weighted by atomic mass is 9.74. The van der Waals surface area contributed by atoms with Crippen molar-refractivity contribution in [1.29, 1.82) is 0 Å². The zero-order valence-corrected chi connectivity index (χ0v) is 15.6. The number of anilines is 2. The number of aliphatic hydroxyl groups is 1. The number of hydrogen-bond donors (Lipinski definition) is 4. The van der Waals surface area contributed by atoms with Crippen LogP contribution in [0.3, 0.4) is 0 Å². The number of carbonyl (C=O) groups is 1. The topological polar surface area (TPSA) is 86.3 Å². The van der Waals surface area contributed by atoms with Crippen molar-refractivity contribution in [3.8, 4) is 0 Å². The lowest BCUT2D eigenvalue weighted by Gasteiger charge is -2.42. The first-order valence-corrected chi connectivity index (χ1v) is 9.63. The van der Waals surface area contributed by atoms with Crippen molar-refractivity contribution in [2.24, 2.45) is 11.8 Å². The van der Waals surface area contributed by atoms with Crippen molar-refractivity contribution in [2.45, 2.75) is 50.1 Å². The van der Waals surface area contributed by atoms with Crippen LogP contribution in [0.1, 0.15) is 32.6 Å². The highest BCUT2D eigenvalue weighted by Crippen LogP contribution is 2.37. The predicted octanol–water partition coefficient (Wildman–Crippen LogP) is 2.34. The third-order valence-electron chi connectivity index (χ3n) is 5.42. The van der Waals surface area contributed by atoms with Gasteiger partial charge in [-0.3, -0.25) is 4.79 Å². The van der Waals surface area contributed by atoms with Crippen molar-refractivity contribution >= 4 is 29.0 Å². The molecule has 4 N–H and O–H groups in total. The van der Waals surface area contributed by atoms with Crippen LogP contribution in [-0.4, -0.2) is 46.6 Å². The Hall–Kier alpha value is -1.60. The number of nitrogens with zero attached hydrogens (tertiary/aromatic N) is 1. The number of halogens is 2. The van der Waals surface area contributed by atoms with E-state index in [2.05, 4.69) is 20.9 Å². The van der Waals surface area contributed by atoms with Gasteiger partial charge in [0.2, 0.25) is 5.91 Å². The molecule has 1 aliphatic heterocycles. The number of alkyl halides is 1. The Kier molecular flexibility index (Phi) is 6.19. The average molecular weight is 385 g/mol. The van der Waals surface area contributed by atoms with E-state index in [1.807, 2.05) is 6.92 Å². The van der Waals surface area contributed by atoms with E-state index >= 15 is 0 Å². The summed E-state index contributed by atoms with van der Waals surface area (Å²) in [7, 11) is 0. The Morgan fingerprint density at radius 3 is 3.04 bits per heavy atom. The number of aromatic nitrogens is 1. The zero-order chi connectivity index (χ0) is 18.7. The summed E-state index contributed by atoms with van der Waals surface area (Å²) in [5.41, 5.74) is 0.272. The van der Waals surface area contributed by atoms with Crippen molar-refractivity contribution < 1.29 is 14.3 Å². The molecule has 6 nitrogen and oxygen atoms in total. The Morgan fingerprint density at radius 1 is 1.46 bits per heavy atom. The number of piperidine rings is 1. The van der Waals surface area contributed by atoms with Gasteiger partial charge in [0, 0.05) is 30.2 Å². The highest BCUT2D eigenvalue weighted by atomic mass is 35.5. The number of nitrogens with one attached hydrogen (secondary N) is 3. The lowest BCUT2D eigenvalue weighted by Crippen LogP contribution is -2.55. The summed E-state index contributed by atoms with van der Waals surface area (Å²) >= 11 is 6.30. The van der Waals surface area contributed by atoms with Gasteiger partial charge in [-0.05, 0) is 44.6 Å². The Morgan fingerprint density at radius 2 is 2.27 bits per heavy atom. The fourth-order valence-corrected chi connectivity index (χ4v) is 4.35. The Labute approximate surface area is 157 Å². The second-order valence-electron chi connectivity index (χ2n) is 7.23. The van der Waals surface area contributed by atoms with Gasteiger partial charge in [0.1, 0.15) is 0 Å². The van der Waals surface area contributed by atoms with Crippen LogP contribution in [0.4, 0.5) is 15.9 Å². The molecule has 1 saturated carbocycles. The van der Waals surface area contributed by atoms with Crippen molar-refractivity contribution in [3.63, 3.8) is 0 Å². The molecular weight excluding hydrogens is 359 g/mol. The number of amides is 1. The molecule has 0 bridgehead atoms. The van der Waals surface area contributed by atoms with Crippen LogP contribution in [0, 0.1) is 17.7 Å². The highest BCUT2D eigenvalue weighted by molar-refractivity contribution is 6.20. The first-order chi connectivity index (χ1) is 12.5. The monoisotopic (exact) mass is 384 g/mol. The first kappa shape index (κ1) is 19.2. The van der Waals surface area contributed by atoms with Gasteiger partial charge in [0.25, 0.3) is 0 Å². The largest absolute Gasteiger partial charge is 0.395 e. The lowest BCUT2D eigenvalue weighted by molar-refractivity contribution is -0.130. The molecule has 1 saturated heterocycles. The summed E-state index contributed by atoms with van der Waals surface area (Å²) in [6, 6.07) is 1.46. The van der Waals surface area contributed by atoms with Crippen LogP contribution in [-0.2, 0) is 4.79 Å². The molecule has 1 amide bonds. The number of pyridine rings is 1. The summed E-state index contributed by atoms with van der Waals surface area (Å²) in [6.45, 7) is 2.04. The SMILES string of the molecule is C[C@H](Nc1nccc(NCCO)c1F)C1CC2CC(Cl)CCC2NC1=O. The van der Waals surface area contributed by atoms with Gasteiger partial charge in [-0.1, -0.05) is 0 Å². The van der Waals surface area contributed by atoms with Gasteiger partial charge in [-0.2, -0.15) is 0 Å². The first-order valence-electron chi connectivity index (χ1n) is 9.19. The van der Waals surface area contributed by atoms with Gasteiger partial charge in [0.05, 0.1) is 18.2 Å². The summed E-state index contributed by atoms with van der Waals surface area (Å²) in [4.78, 5) is 16.6. The van der Waals surface area contributed by atoms with E-state index in [1.165, 1.54) is 12.3 Å². The average Bonchev–Trinajstić information content (AvgIpc) is 2.62. The minimum atomic E-state index is -0.514. The molecule has 3 rings (SSSR count). The molecule has 8 heteroatoms. The van der Waals surface area contributed by atoms with Gasteiger partial charge < -0.3 is 21.1 Å². The maximum atomic E-state index is 14.6. The predicted molar refractivity (Wildman–Crippen MR) is 99.9 cm³/mol.